The summed E-state index contributed by atoms with van der Waals surface area (Å²) in [5.74, 6) is 5.53. The van der Waals surface area contributed by atoms with Crippen LogP contribution in [0, 0.1) is 0 Å². The smallest absolute Gasteiger partial charge is 0.241 e. The molecule has 1 fully saturated rings. The molecule has 2 atom stereocenters. The van der Waals surface area contributed by atoms with Gasteiger partial charge in [-0.3, -0.25) is 0 Å². The second-order valence-corrected chi connectivity index (χ2v) is 6.26. The van der Waals surface area contributed by atoms with Crippen LogP contribution >= 0.6 is 0 Å². The summed E-state index contributed by atoms with van der Waals surface area (Å²) < 4.78 is 32.5. The van der Waals surface area contributed by atoms with Crippen molar-refractivity contribution >= 4 is 15.8 Å². The van der Waals surface area contributed by atoms with Crippen molar-refractivity contribution in [3.63, 3.8) is 0 Å². The molecule has 0 spiro atoms. The Morgan fingerprint density at radius 1 is 1.53 bits per heavy atom. The first kappa shape index (κ1) is 14.2. The van der Waals surface area contributed by atoms with Gasteiger partial charge in [-0.1, -0.05) is 0 Å². The number of ether oxygens (including phenoxy) is 1. The summed E-state index contributed by atoms with van der Waals surface area (Å²) in [5, 5.41) is 0. The van der Waals surface area contributed by atoms with Gasteiger partial charge in [0.25, 0.3) is 0 Å². The van der Waals surface area contributed by atoms with Crippen LogP contribution in [0.2, 0.25) is 0 Å². The third kappa shape index (κ3) is 3.63. The maximum Gasteiger partial charge on any atom is 0.241 e. The van der Waals surface area contributed by atoms with Crippen LogP contribution in [0.1, 0.15) is 19.8 Å². The maximum atomic E-state index is 12.2. The average Bonchev–Trinajstić information content (AvgIpc) is 2.38. The molecule has 2 unspecified atom stereocenters. The van der Waals surface area contributed by atoms with Crippen molar-refractivity contribution in [3.8, 4) is 0 Å². The number of hydrogen-bond donors (Lipinski definition) is 3. The second-order valence-electron chi connectivity index (χ2n) is 4.55. The molecule has 1 aromatic rings. The van der Waals surface area contributed by atoms with E-state index in [2.05, 4.69) is 15.1 Å². The molecule has 19 heavy (non-hydrogen) atoms. The Morgan fingerprint density at radius 2 is 2.32 bits per heavy atom. The Balaban J connectivity index is 2.13. The van der Waals surface area contributed by atoms with Crippen LogP contribution < -0.4 is 16.0 Å². The predicted molar refractivity (Wildman–Crippen MR) is 70.8 cm³/mol. The van der Waals surface area contributed by atoms with Gasteiger partial charge >= 0.3 is 0 Å². The standard InChI is InChI=1S/C11H18N4O3S/c1-8-6-9(3-5-18-8)15-19(16,17)10-2-4-13-11(7-10)14-12/h2,4,7-9,15H,3,5-6,12H2,1H3,(H,13,14). The lowest BCUT2D eigenvalue weighted by Crippen LogP contribution is -2.41. The van der Waals surface area contributed by atoms with Crippen molar-refractivity contribution in [3.05, 3.63) is 18.3 Å². The summed E-state index contributed by atoms with van der Waals surface area (Å²) in [5.41, 5.74) is 2.33. The fraction of sp³-hybridized carbons (Fsp3) is 0.545. The van der Waals surface area contributed by atoms with Gasteiger partial charge in [0, 0.05) is 24.9 Å². The molecule has 106 valence electrons. The SMILES string of the molecule is CC1CC(NS(=O)(=O)c2ccnc(NN)c2)CCO1. The minimum Gasteiger partial charge on any atom is -0.378 e. The minimum absolute atomic E-state index is 0.0696. The van der Waals surface area contributed by atoms with Crippen molar-refractivity contribution in [2.75, 3.05) is 12.0 Å². The lowest BCUT2D eigenvalue weighted by atomic mass is 10.1. The molecule has 0 saturated carbocycles. The highest BCUT2D eigenvalue weighted by Gasteiger charge is 2.25. The first-order valence-corrected chi connectivity index (χ1v) is 7.56. The number of pyridine rings is 1. The summed E-state index contributed by atoms with van der Waals surface area (Å²) in [6.07, 6.45) is 2.82. The van der Waals surface area contributed by atoms with Crippen molar-refractivity contribution < 1.29 is 13.2 Å². The first-order valence-electron chi connectivity index (χ1n) is 6.08. The van der Waals surface area contributed by atoms with Crippen LogP contribution in [0.5, 0.6) is 0 Å². The number of nitrogens with one attached hydrogen (secondary N) is 2. The number of rotatable bonds is 4. The fourth-order valence-corrected chi connectivity index (χ4v) is 3.35. The Labute approximate surface area is 112 Å². The van der Waals surface area contributed by atoms with E-state index in [1.54, 1.807) is 0 Å². The van der Waals surface area contributed by atoms with Crippen LogP contribution in [-0.2, 0) is 14.8 Å². The molecule has 1 aliphatic rings. The van der Waals surface area contributed by atoms with Gasteiger partial charge in [-0.15, -0.1) is 0 Å². The van der Waals surface area contributed by atoms with E-state index < -0.39 is 10.0 Å². The van der Waals surface area contributed by atoms with E-state index in [0.29, 0.717) is 25.3 Å². The van der Waals surface area contributed by atoms with Crippen LogP contribution in [-0.4, -0.2) is 32.2 Å². The summed E-state index contributed by atoms with van der Waals surface area (Å²) >= 11 is 0. The number of aromatic nitrogens is 1. The van der Waals surface area contributed by atoms with E-state index in [1.807, 2.05) is 6.92 Å². The normalized spacial score (nSPS) is 24.1. The quantitative estimate of drug-likeness (QED) is 0.540. The molecule has 4 N–H and O–H groups in total. The number of hydrazine groups is 1. The van der Waals surface area contributed by atoms with Crippen LogP contribution in [0.3, 0.4) is 0 Å². The lowest BCUT2D eigenvalue weighted by molar-refractivity contribution is 0.0173. The highest BCUT2D eigenvalue weighted by atomic mass is 32.2. The number of nitrogens with two attached hydrogens (primary N) is 1. The van der Waals surface area contributed by atoms with Gasteiger partial charge < -0.3 is 10.2 Å². The van der Waals surface area contributed by atoms with Crippen LogP contribution in [0.25, 0.3) is 0 Å². The molecule has 1 saturated heterocycles. The molecule has 0 radical (unpaired) electrons. The maximum absolute atomic E-state index is 12.2. The molecule has 1 aromatic heterocycles. The van der Waals surface area contributed by atoms with Gasteiger partial charge in [0.05, 0.1) is 11.0 Å². The molecule has 7 nitrogen and oxygen atoms in total. The molecule has 0 amide bonds. The first-order chi connectivity index (χ1) is 9.01. The molecular weight excluding hydrogens is 268 g/mol. The summed E-state index contributed by atoms with van der Waals surface area (Å²) in [4.78, 5) is 4.03. The van der Waals surface area contributed by atoms with Gasteiger partial charge in [0.1, 0.15) is 5.82 Å². The van der Waals surface area contributed by atoms with Gasteiger partial charge in [-0.05, 0) is 25.8 Å². The van der Waals surface area contributed by atoms with Gasteiger partial charge in [-0.25, -0.2) is 24.0 Å². The lowest BCUT2D eigenvalue weighted by Gasteiger charge is -2.27. The van der Waals surface area contributed by atoms with Gasteiger partial charge in [0.15, 0.2) is 0 Å². The number of nitrogens with zero attached hydrogens (tertiary/aromatic N) is 1. The van der Waals surface area contributed by atoms with Gasteiger partial charge in [0.2, 0.25) is 10.0 Å². The second kappa shape index (κ2) is 5.83. The summed E-state index contributed by atoms with van der Waals surface area (Å²) in [6, 6.07) is 2.73. The van der Waals surface area contributed by atoms with Gasteiger partial charge in [-0.2, -0.15) is 0 Å². The van der Waals surface area contributed by atoms with Crippen LogP contribution in [0.15, 0.2) is 23.2 Å². The molecular formula is C11H18N4O3S. The highest BCUT2D eigenvalue weighted by Crippen LogP contribution is 2.17. The largest absolute Gasteiger partial charge is 0.378 e. The molecule has 0 bridgehead atoms. The zero-order valence-electron chi connectivity index (χ0n) is 10.7. The topological polar surface area (TPSA) is 106 Å². The zero-order valence-corrected chi connectivity index (χ0v) is 11.5. The van der Waals surface area contributed by atoms with Crippen LogP contribution in [0.4, 0.5) is 5.82 Å². The third-order valence-corrected chi connectivity index (χ3v) is 4.51. The number of sulfonamides is 1. The highest BCUT2D eigenvalue weighted by molar-refractivity contribution is 7.89. The van der Waals surface area contributed by atoms with Crippen molar-refractivity contribution in [1.82, 2.24) is 9.71 Å². The zero-order chi connectivity index (χ0) is 13.9. The van der Waals surface area contributed by atoms with Crippen molar-refractivity contribution in [2.45, 2.75) is 36.8 Å². The minimum atomic E-state index is -3.56. The monoisotopic (exact) mass is 286 g/mol. The average molecular weight is 286 g/mol. The van der Waals surface area contributed by atoms with Crippen molar-refractivity contribution in [2.24, 2.45) is 5.84 Å². The Morgan fingerprint density at radius 3 is 3.00 bits per heavy atom. The Hall–Kier alpha value is -1.22. The van der Waals surface area contributed by atoms with E-state index in [9.17, 15) is 8.42 Å². The summed E-state index contributed by atoms with van der Waals surface area (Å²) in [7, 11) is -3.56. The van der Waals surface area contributed by atoms with E-state index in [0.717, 1.165) is 0 Å². The van der Waals surface area contributed by atoms with Crippen molar-refractivity contribution in [1.29, 1.82) is 0 Å². The molecule has 0 aromatic carbocycles. The fourth-order valence-electron chi connectivity index (χ4n) is 2.05. The summed E-state index contributed by atoms with van der Waals surface area (Å²) in [6.45, 7) is 2.50. The molecule has 8 heteroatoms. The Kier molecular flexibility index (Phi) is 4.35. The number of hydrogen-bond acceptors (Lipinski definition) is 6. The number of nitrogen functional groups attached to an aromatic ring is 1. The Bertz CT molecular complexity index is 534. The van der Waals surface area contributed by atoms with E-state index in [-0.39, 0.29) is 17.0 Å². The van der Waals surface area contributed by atoms with E-state index >= 15 is 0 Å². The molecule has 0 aliphatic carbocycles. The predicted octanol–water partition coefficient (Wildman–Crippen LogP) is 0.213. The molecule has 2 heterocycles. The molecule has 1 aliphatic heterocycles. The number of anilines is 1. The van der Waals surface area contributed by atoms with E-state index in [1.165, 1.54) is 18.3 Å². The van der Waals surface area contributed by atoms with E-state index in [4.69, 9.17) is 10.6 Å². The third-order valence-electron chi connectivity index (χ3n) is 3.00. The molecule has 2 rings (SSSR count).